The molecule has 1 atom stereocenters. The normalized spacial score (nSPS) is 18.2. The van der Waals surface area contributed by atoms with Crippen molar-refractivity contribution in [2.75, 3.05) is 18.0 Å². The number of rotatable bonds is 3. The van der Waals surface area contributed by atoms with Crippen molar-refractivity contribution in [1.82, 2.24) is 24.8 Å². The molecule has 4 heterocycles. The summed E-state index contributed by atoms with van der Waals surface area (Å²) in [6, 6.07) is 2.03. The van der Waals surface area contributed by atoms with Gasteiger partial charge in [0.1, 0.15) is 28.7 Å². The summed E-state index contributed by atoms with van der Waals surface area (Å²) < 4.78 is 6.87. The second-order valence-electron chi connectivity index (χ2n) is 7.99. The van der Waals surface area contributed by atoms with E-state index in [1.807, 2.05) is 19.2 Å². The van der Waals surface area contributed by atoms with Crippen LogP contribution in [0.5, 0.6) is 0 Å². The molecule has 138 valence electrons. The number of hydrogen-bond acceptors (Lipinski definition) is 7. The highest BCUT2D eigenvalue weighted by Gasteiger charge is 2.27. The minimum absolute atomic E-state index is 0.179. The highest BCUT2D eigenvalue weighted by atomic mass is 16.6. The monoisotopic (exact) mass is 356 g/mol. The Morgan fingerprint density at radius 3 is 2.69 bits per heavy atom. The molecule has 1 N–H and O–H groups in total. The van der Waals surface area contributed by atoms with Gasteiger partial charge in [0, 0.05) is 24.7 Å². The van der Waals surface area contributed by atoms with E-state index in [0.717, 1.165) is 47.0 Å². The number of β-amino-alcohol motifs (C(OH)–C–C–N with tert-alkyl or cyclic N) is 1. The quantitative estimate of drug-likeness (QED) is 0.767. The van der Waals surface area contributed by atoms with Crippen LogP contribution in [0.3, 0.4) is 0 Å². The van der Waals surface area contributed by atoms with Gasteiger partial charge in [-0.3, -0.25) is 0 Å². The molecule has 3 aromatic rings. The molecule has 1 aliphatic rings. The second-order valence-corrected chi connectivity index (χ2v) is 7.99. The van der Waals surface area contributed by atoms with Gasteiger partial charge in [-0.25, -0.2) is 14.6 Å². The van der Waals surface area contributed by atoms with Crippen molar-refractivity contribution in [3.63, 3.8) is 0 Å². The fourth-order valence-electron chi connectivity index (χ4n) is 3.24. The molecular weight excluding hydrogens is 332 g/mol. The Labute approximate surface area is 151 Å². The van der Waals surface area contributed by atoms with E-state index in [9.17, 15) is 5.11 Å². The van der Waals surface area contributed by atoms with E-state index >= 15 is 0 Å². The van der Waals surface area contributed by atoms with Gasteiger partial charge in [0.15, 0.2) is 0 Å². The molecule has 1 unspecified atom stereocenters. The Bertz CT molecular complexity index is 939. The van der Waals surface area contributed by atoms with E-state index in [1.165, 1.54) is 0 Å². The van der Waals surface area contributed by atoms with E-state index in [-0.39, 0.29) is 11.5 Å². The van der Waals surface area contributed by atoms with Crippen LogP contribution in [0.2, 0.25) is 0 Å². The van der Waals surface area contributed by atoms with Crippen molar-refractivity contribution in [3.8, 4) is 0 Å². The summed E-state index contributed by atoms with van der Waals surface area (Å²) in [6.45, 7) is 10.1. The highest BCUT2D eigenvalue weighted by Crippen LogP contribution is 2.31. The molecule has 1 saturated heterocycles. The number of nitrogens with zero attached hydrogens (tertiary/aromatic N) is 6. The lowest BCUT2D eigenvalue weighted by Crippen LogP contribution is -2.25. The van der Waals surface area contributed by atoms with Gasteiger partial charge in [-0.05, 0) is 19.4 Å². The predicted molar refractivity (Wildman–Crippen MR) is 97.2 cm³/mol. The Hall–Kier alpha value is -2.48. The molecule has 0 aromatic carbocycles. The summed E-state index contributed by atoms with van der Waals surface area (Å²) in [7, 11) is 0. The van der Waals surface area contributed by atoms with Crippen molar-refractivity contribution < 1.29 is 9.74 Å². The zero-order valence-electron chi connectivity index (χ0n) is 15.6. The van der Waals surface area contributed by atoms with Crippen LogP contribution in [0.15, 0.2) is 16.9 Å². The van der Waals surface area contributed by atoms with Crippen LogP contribution >= 0.6 is 0 Å². The first kappa shape index (κ1) is 17.0. The van der Waals surface area contributed by atoms with Crippen LogP contribution in [0.25, 0.3) is 11.0 Å². The predicted octanol–water partition coefficient (Wildman–Crippen LogP) is 2.04. The van der Waals surface area contributed by atoms with Crippen LogP contribution in [0.1, 0.15) is 44.4 Å². The lowest BCUT2D eigenvalue weighted by atomic mass is 9.95. The average Bonchev–Trinajstić information content (AvgIpc) is 3.28. The average molecular weight is 356 g/mol. The standard InChI is InChI=1S/C18H24N6O2/c1-11-14(22-26-21-11)10-24-8-6-13-15(23-7-5-12(25)9-23)19-17(18(2,3)4)20-16(13)24/h6,8,12,25H,5,7,9-10H2,1-4H3. The van der Waals surface area contributed by atoms with E-state index in [0.29, 0.717) is 13.1 Å². The third-order valence-electron chi connectivity index (χ3n) is 4.80. The summed E-state index contributed by atoms with van der Waals surface area (Å²) in [5.41, 5.74) is 2.25. The summed E-state index contributed by atoms with van der Waals surface area (Å²) in [6.07, 6.45) is 2.46. The van der Waals surface area contributed by atoms with E-state index in [2.05, 4.69) is 40.6 Å². The van der Waals surface area contributed by atoms with Crippen molar-refractivity contribution in [3.05, 3.63) is 29.5 Å². The minimum Gasteiger partial charge on any atom is -0.391 e. The number of aryl methyl sites for hydroxylation is 1. The van der Waals surface area contributed by atoms with Crippen molar-refractivity contribution in [1.29, 1.82) is 0 Å². The highest BCUT2D eigenvalue weighted by molar-refractivity contribution is 5.88. The van der Waals surface area contributed by atoms with Gasteiger partial charge in [-0.2, -0.15) is 0 Å². The molecule has 0 bridgehead atoms. The zero-order valence-corrected chi connectivity index (χ0v) is 15.6. The van der Waals surface area contributed by atoms with Crippen LogP contribution in [-0.2, 0) is 12.0 Å². The summed E-state index contributed by atoms with van der Waals surface area (Å²) >= 11 is 0. The molecule has 0 amide bonds. The maximum atomic E-state index is 9.95. The van der Waals surface area contributed by atoms with Gasteiger partial charge in [-0.15, -0.1) is 0 Å². The molecule has 8 heteroatoms. The molecule has 0 aliphatic carbocycles. The van der Waals surface area contributed by atoms with Gasteiger partial charge < -0.3 is 14.6 Å². The summed E-state index contributed by atoms with van der Waals surface area (Å²) in [5, 5.41) is 18.8. The molecule has 8 nitrogen and oxygen atoms in total. The van der Waals surface area contributed by atoms with Crippen molar-refractivity contribution in [2.24, 2.45) is 0 Å². The lowest BCUT2D eigenvalue weighted by molar-refractivity contribution is 0.198. The molecule has 0 saturated carbocycles. The van der Waals surface area contributed by atoms with Crippen molar-refractivity contribution in [2.45, 2.75) is 52.2 Å². The minimum atomic E-state index is -0.302. The van der Waals surface area contributed by atoms with Crippen LogP contribution < -0.4 is 4.90 Å². The van der Waals surface area contributed by atoms with E-state index < -0.39 is 0 Å². The van der Waals surface area contributed by atoms with Crippen LogP contribution in [0.4, 0.5) is 5.82 Å². The third kappa shape index (κ3) is 2.94. The lowest BCUT2D eigenvalue weighted by Gasteiger charge is -2.23. The molecule has 1 fully saturated rings. The molecular formula is C18H24N6O2. The number of aliphatic hydroxyl groups excluding tert-OH is 1. The van der Waals surface area contributed by atoms with E-state index in [4.69, 9.17) is 14.6 Å². The first-order valence-electron chi connectivity index (χ1n) is 8.91. The molecule has 1 aliphatic heterocycles. The topological polar surface area (TPSA) is 93.1 Å². The maximum Gasteiger partial charge on any atom is 0.146 e. The Balaban J connectivity index is 1.84. The number of aliphatic hydroxyl groups is 1. The number of fused-ring (bicyclic) bond motifs is 1. The van der Waals surface area contributed by atoms with Crippen LogP contribution in [-0.4, -0.2) is 49.1 Å². The molecule has 0 radical (unpaired) electrons. The van der Waals surface area contributed by atoms with Crippen molar-refractivity contribution >= 4 is 16.9 Å². The van der Waals surface area contributed by atoms with Gasteiger partial charge >= 0.3 is 0 Å². The SMILES string of the molecule is Cc1nonc1Cn1ccc2c(N3CCC(O)C3)nc(C(C)(C)C)nc21. The van der Waals surface area contributed by atoms with Gasteiger partial charge in [-0.1, -0.05) is 31.1 Å². The Morgan fingerprint density at radius 2 is 2.08 bits per heavy atom. The number of anilines is 1. The molecule has 26 heavy (non-hydrogen) atoms. The van der Waals surface area contributed by atoms with Gasteiger partial charge in [0.25, 0.3) is 0 Å². The number of aromatic nitrogens is 5. The molecule has 4 rings (SSSR count). The summed E-state index contributed by atoms with van der Waals surface area (Å²) in [5.74, 6) is 1.68. The first-order valence-corrected chi connectivity index (χ1v) is 8.91. The molecule has 0 spiro atoms. The third-order valence-corrected chi connectivity index (χ3v) is 4.80. The smallest absolute Gasteiger partial charge is 0.146 e. The first-order chi connectivity index (χ1) is 12.3. The fourth-order valence-corrected chi connectivity index (χ4v) is 3.24. The van der Waals surface area contributed by atoms with Gasteiger partial charge in [0.2, 0.25) is 0 Å². The number of hydrogen-bond donors (Lipinski definition) is 1. The van der Waals surface area contributed by atoms with E-state index in [1.54, 1.807) is 0 Å². The zero-order chi connectivity index (χ0) is 18.5. The maximum absolute atomic E-state index is 9.95. The Morgan fingerprint density at radius 1 is 1.27 bits per heavy atom. The fraction of sp³-hybridized carbons (Fsp3) is 0.556. The summed E-state index contributed by atoms with van der Waals surface area (Å²) in [4.78, 5) is 11.9. The van der Waals surface area contributed by atoms with Gasteiger partial charge in [0.05, 0.1) is 18.0 Å². The largest absolute Gasteiger partial charge is 0.391 e. The second kappa shape index (κ2) is 6.05. The van der Waals surface area contributed by atoms with Crippen LogP contribution in [0, 0.1) is 6.92 Å². The molecule has 3 aromatic heterocycles. The Kier molecular flexibility index (Phi) is 3.95.